The molecule has 0 amide bonds. The molecule has 0 fully saturated rings. The third-order valence-electron chi connectivity index (χ3n) is 1.41. The highest BCUT2D eigenvalue weighted by atomic mass is 79.9. The molecule has 0 rings (SSSR count). The number of allylic oxidation sites excluding steroid dienone is 3. The highest BCUT2D eigenvalue weighted by Gasteiger charge is 2.04. The molecule has 0 unspecified atom stereocenters. The van der Waals surface area contributed by atoms with Crippen LogP contribution >= 0.6 is 15.9 Å². The zero-order valence-electron chi connectivity index (χ0n) is 8.42. The first-order chi connectivity index (χ1) is 6.63. The normalized spacial score (nSPS) is 12.5. The van der Waals surface area contributed by atoms with E-state index in [4.69, 9.17) is 4.74 Å². The van der Waals surface area contributed by atoms with Crippen LogP contribution in [0.4, 0.5) is 0 Å². The number of rotatable bonds is 5. The third kappa shape index (κ3) is 5.70. The van der Waals surface area contributed by atoms with Gasteiger partial charge in [0.25, 0.3) is 0 Å². The number of hydrogen-bond acceptors (Lipinski definition) is 3. The number of ether oxygens (including phenoxy) is 1. The lowest BCUT2D eigenvalue weighted by Gasteiger charge is -2.01. The van der Waals surface area contributed by atoms with Gasteiger partial charge in [0.2, 0.25) is 0 Å². The molecule has 0 spiro atoms. The molecule has 0 saturated heterocycles. The van der Waals surface area contributed by atoms with Gasteiger partial charge in [-0.25, -0.2) is 0 Å². The molecule has 0 aromatic carbocycles. The molecule has 78 valence electrons. The van der Waals surface area contributed by atoms with E-state index >= 15 is 0 Å². The van der Waals surface area contributed by atoms with Crippen LogP contribution in [0.5, 0.6) is 0 Å². The maximum absolute atomic E-state index is 11.1. The number of hydrogen-bond donors (Lipinski definition) is 0. The number of nitrogens with zero attached hydrogens (tertiary/aromatic N) is 1. The zero-order valence-corrected chi connectivity index (χ0v) is 10.0. The summed E-state index contributed by atoms with van der Waals surface area (Å²) in [4.78, 5) is 14.8. The van der Waals surface area contributed by atoms with Gasteiger partial charge in [-0.3, -0.25) is 9.79 Å². The van der Waals surface area contributed by atoms with Gasteiger partial charge < -0.3 is 4.74 Å². The molecule has 0 aliphatic carbocycles. The van der Waals surface area contributed by atoms with Gasteiger partial charge in [0.05, 0.1) is 18.7 Å². The van der Waals surface area contributed by atoms with Crippen LogP contribution < -0.4 is 0 Å². The summed E-state index contributed by atoms with van der Waals surface area (Å²) < 4.78 is 5.65. The van der Waals surface area contributed by atoms with Crippen molar-refractivity contribution < 1.29 is 9.53 Å². The van der Waals surface area contributed by atoms with Crippen molar-refractivity contribution in [3.05, 3.63) is 22.3 Å². The van der Waals surface area contributed by atoms with E-state index < -0.39 is 0 Å². The molecule has 0 radical (unpaired) electrons. The van der Waals surface area contributed by atoms with E-state index in [1.807, 2.05) is 13.0 Å². The minimum absolute atomic E-state index is 0.153. The van der Waals surface area contributed by atoms with Gasteiger partial charge in [0, 0.05) is 4.48 Å². The van der Waals surface area contributed by atoms with Crippen molar-refractivity contribution >= 4 is 28.6 Å². The van der Waals surface area contributed by atoms with Crippen LogP contribution in [0.3, 0.4) is 0 Å². The van der Waals surface area contributed by atoms with Crippen LogP contribution in [0.2, 0.25) is 0 Å². The van der Waals surface area contributed by atoms with Crippen molar-refractivity contribution in [3.63, 3.8) is 0 Å². The molecule has 0 saturated carbocycles. The first-order valence-electron chi connectivity index (χ1n) is 4.28. The van der Waals surface area contributed by atoms with E-state index in [-0.39, 0.29) is 12.4 Å². The number of halogens is 1. The molecule has 3 nitrogen and oxygen atoms in total. The standard InChI is InChI=1S/C10H14BrNO2/c1-4-8(11)6-9(12-3)7-10(13)14-5-2/h4,6H,3,5,7H2,1-2H3/b8-4+,9-6-. The van der Waals surface area contributed by atoms with Gasteiger partial charge in [-0.15, -0.1) is 0 Å². The Morgan fingerprint density at radius 3 is 2.71 bits per heavy atom. The fraction of sp³-hybridized carbons (Fsp3) is 0.400. The number of esters is 1. The molecule has 0 aromatic heterocycles. The van der Waals surface area contributed by atoms with Gasteiger partial charge in [0.1, 0.15) is 0 Å². The first kappa shape index (κ1) is 13.1. The van der Waals surface area contributed by atoms with Crippen LogP contribution in [-0.2, 0) is 9.53 Å². The van der Waals surface area contributed by atoms with Crippen molar-refractivity contribution in [2.45, 2.75) is 20.3 Å². The molecular weight excluding hydrogens is 246 g/mol. The lowest BCUT2D eigenvalue weighted by atomic mass is 10.3. The first-order valence-corrected chi connectivity index (χ1v) is 5.08. The monoisotopic (exact) mass is 259 g/mol. The SMILES string of the molecule is C=N/C(=C\C(Br)=C/C)CC(=O)OCC. The van der Waals surface area contributed by atoms with Crippen molar-refractivity contribution in [1.82, 2.24) is 0 Å². The van der Waals surface area contributed by atoms with Gasteiger partial charge >= 0.3 is 5.97 Å². The topological polar surface area (TPSA) is 38.7 Å². The molecule has 0 aliphatic rings. The van der Waals surface area contributed by atoms with Crippen molar-refractivity contribution in [2.75, 3.05) is 6.61 Å². The van der Waals surface area contributed by atoms with Gasteiger partial charge in [-0.1, -0.05) is 22.0 Å². The average molecular weight is 260 g/mol. The smallest absolute Gasteiger partial charge is 0.311 e. The van der Waals surface area contributed by atoms with Crippen molar-refractivity contribution in [2.24, 2.45) is 4.99 Å². The molecule has 0 atom stereocenters. The maximum atomic E-state index is 11.1. The second kappa shape index (κ2) is 7.50. The van der Waals surface area contributed by atoms with Crippen LogP contribution in [-0.4, -0.2) is 19.3 Å². The van der Waals surface area contributed by atoms with Gasteiger partial charge in [-0.2, -0.15) is 0 Å². The highest BCUT2D eigenvalue weighted by molar-refractivity contribution is 9.11. The van der Waals surface area contributed by atoms with Gasteiger partial charge in [0.15, 0.2) is 0 Å². The number of aliphatic imine (C=N–C) groups is 1. The van der Waals surface area contributed by atoms with E-state index in [0.29, 0.717) is 12.3 Å². The fourth-order valence-electron chi connectivity index (χ4n) is 0.755. The summed E-state index contributed by atoms with van der Waals surface area (Å²) in [5.41, 5.74) is 0.591. The maximum Gasteiger partial charge on any atom is 0.311 e. The summed E-state index contributed by atoms with van der Waals surface area (Å²) >= 11 is 3.29. The van der Waals surface area contributed by atoms with Gasteiger partial charge in [-0.05, 0) is 26.6 Å². The summed E-state index contributed by atoms with van der Waals surface area (Å²) in [5, 5.41) is 0. The van der Waals surface area contributed by atoms with Crippen LogP contribution in [0.25, 0.3) is 0 Å². The minimum Gasteiger partial charge on any atom is -0.466 e. The third-order valence-corrected chi connectivity index (χ3v) is 2.10. The van der Waals surface area contributed by atoms with E-state index in [2.05, 4.69) is 27.6 Å². The summed E-state index contributed by atoms with van der Waals surface area (Å²) in [6, 6.07) is 0. The molecule has 0 aliphatic heterocycles. The predicted octanol–water partition coefficient (Wildman–Crippen LogP) is 2.82. The molecule has 0 heterocycles. The summed E-state index contributed by atoms with van der Waals surface area (Å²) in [5.74, 6) is -0.289. The van der Waals surface area contributed by atoms with Crippen molar-refractivity contribution in [3.8, 4) is 0 Å². The second-order valence-electron chi connectivity index (χ2n) is 2.45. The Morgan fingerprint density at radius 1 is 1.64 bits per heavy atom. The summed E-state index contributed by atoms with van der Waals surface area (Å²) in [6.45, 7) is 7.42. The lowest BCUT2D eigenvalue weighted by Crippen LogP contribution is -2.04. The van der Waals surface area contributed by atoms with E-state index in [0.717, 1.165) is 4.48 Å². The predicted molar refractivity (Wildman–Crippen MR) is 61.6 cm³/mol. The van der Waals surface area contributed by atoms with Crippen LogP contribution in [0.15, 0.2) is 27.3 Å². The number of carbonyl (C=O) groups excluding carboxylic acids is 1. The summed E-state index contributed by atoms with van der Waals surface area (Å²) in [6.07, 6.45) is 3.75. The Kier molecular flexibility index (Phi) is 7.02. The largest absolute Gasteiger partial charge is 0.466 e. The highest BCUT2D eigenvalue weighted by Crippen LogP contribution is 2.13. The Morgan fingerprint density at radius 2 is 2.29 bits per heavy atom. The molecule has 0 aromatic rings. The fourth-order valence-corrected chi connectivity index (χ4v) is 1.02. The average Bonchev–Trinajstić information content (AvgIpc) is 2.16. The molecule has 0 bridgehead atoms. The molecule has 14 heavy (non-hydrogen) atoms. The molecule has 4 heteroatoms. The van der Waals surface area contributed by atoms with E-state index in [1.165, 1.54) is 0 Å². The van der Waals surface area contributed by atoms with Crippen molar-refractivity contribution in [1.29, 1.82) is 0 Å². The lowest BCUT2D eigenvalue weighted by molar-refractivity contribution is -0.142. The van der Waals surface area contributed by atoms with E-state index in [9.17, 15) is 4.79 Å². The Bertz CT molecular complexity index is 269. The Hall–Kier alpha value is -0.900. The van der Waals surface area contributed by atoms with Crippen LogP contribution in [0, 0.1) is 0 Å². The Labute approximate surface area is 92.7 Å². The van der Waals surface area contributed by atoms with E-state index in [1.54, 1.807) is 13.0 Å². The molecule has 0 N–H and O–H groups in total. The second-order valence-corrected chi connectivity index (χ2v) is 3.36. The Balaban J connectivity index is 4.36. The zero-order chi connectivity index (χ0) is 11.0. The molecular formula is C10H14BrNO2. The minimum atomic E-state index is -0.289. The number of carbonyl (C=O) groups is 1. The quantitative estimate of drug-likeness (QED) is 0.433. The summed E-state index contributed by atoms with van der Waals surface area (Å²) in [7, 11) is 0. The van der Waals surface area contributed by atoms with Crippen LogP contribution in [0.1, 0.15) is 20.3 Å².